The van der Waals surface area contributed by atoms with Gasteiger partial charge in [-0.25, -0.2) is 4.98 Å². The number of pyridine rings is 1. The normalized spacial score (nSPS) is 14.4. The van der Waals surface area contributed by atoms with Crippen molar-refractivity contribution < 1.29 is 4.79 Å². The second-order valence-corrected chi connectivity index (χ2v) is 3.94. The van der Waals surface area contributed by atoms with Gasteiger partial charge in [0.25, 0.3) is 0 Å². The van der Waals surface area contributed by atoms with Crippen LogP contribution in [0.4, 0.5) is 11.5 Å². The molecule has 4 heteroatoms. The van der Waals surface area contributed by atoms with Gasteiger partial charge in [-0.05, 0) is 25.0 Å². The zero-order chi connectivity index (χ0) is 11.7. The monoisotopic (exact) mass is 217 g/mol. The number of nitrogens with zero attached hydrogens (tertiary/aromatic N) is 2. The molecule has 1 aliphatic heterocycles. The van der Waals surface area contributed by atoms with E-state index < -0.39 is 0 Å². The van der Waals surface area contributed by atoms with Gasteiger partial charge in [0.05, 0.1) is 5.69 Å². The van der Waals surface area contributed by atoms with E-state index >= 15 is 0 Å². The van der Waals surface area contributed by atoms with Crippen LogP contribution in [0.1, 0.15) is 19.4 Å². The van der Waals surface area contributed by atoms with Crippen molar-refractivity contribution in [2.75, 3.05) is 16.8 Å². The SMILES string of the molecule is C=C(C)N1CC(=O)Nc2cc(CC)cnc21. The topological polar surface area (TPSA) is 45.2 Å². The molecule has 1 aromatic rings. The molecular weight excluding hydrogens is 202 g/mol. The fraction of sp³-hybridized carbons (Fsp3) is 0.333. The number of carbonyl (C=O) groups is 1. The molecule has 0 saturated carbocycles. The first-order valence-electron chi connectivity index (χ1n) is 5.33. The molecule has 1 aliphatic rings. The van der Waals surface area contributed by atoms with Crippen molar-refractivity contribution in [1.82, 2.24) is 4.98 Å². The van der Waals surface area contributed by atoms with Crippen LogP contribution in [0.3, 0.4) is 0 Å². The van der Waals surface area contributed by atoms with Crippen molar-refractivity contribution in [3.63, 3.8) is 0 Å². The molecule has 2 rings (SSSR count). The van der Waals surface area contributed by atoms with E-state index in [0.29, 0.717) is 6.54 Å². The van der Waals surface area contributed by atoms with Gasteiger partial charge in [-0.15, -0.1) is 0 Å². The van der Waals surface area contributed by atoms with Crippen LogP contribution in [0, 0.1) is 0 Å². The van der Waals surface area contributed by atoms with E-state index in [2.05, 4.69) is 23.8 Å². The van der Waals surface area contributed by atoms with Gasteiger partial charge in [0.15, 0.2) is 5.82 Å². The molecule has 0 aliphatic carbocycles. The Morgan fingerprint density at radius 2 is 2.44 bits per heavy atom. The van der Waals surface area contributed by atoms with Crippen molar-refractivity contribution in [3.05, 3.63) is 30.1 Å². The minimum absolute atomic E-state index is 0.0226. The van der Waals surface area contributed by atoms with Crippen LogP contribution in [-0.4, -0.2) is 17.4 Å². The highest BCUT2D eigenvalue weighted by atomic mass is 16.2. The Hall–Kier alpha value is -1.84. The van der Waals surface area contributed by atoms with E-state index in [1.54, 1.807) is 0 Å². The summed E-state index contributed by atoms with van der Waals surface area (Å²) in [4.78, 5) is 17.7. The molecule has 1 amide bonds. The van der Waals surface area contributed by atoms with Gasteiger partial charge in [-0.1, -0.05) is 13.5 Å². The second-order valence-electron chi connectivity index (χ2n) is 3.94. The van der Waals surface area contributed by atoms with Gasteiger partial charge in [-0.3, -0.25) is 4.79 Å². The molecule has 0 spiro atoms. The van der Waals surface area contributed by atoms with Crippen molar-refractivity contribution in [2.45, 2.75) is 20.3 Å². The molecular formula is C12H15N3O. The van der Waals surface area contributed by atoms with Gasteiger partial charge in [-0.2, -0.15) is 0 Å². The Morgan fingerprint density at radius 1 is 1.69 bits per heavy atom. The lowest BCUT2D eigenvalue weighted by Crippen LogP contribution is -2.37. The van der Waals surface area contributed by atoms with Crippen LogP contribution < -0.4 is 10.2 Å². The molecule has 0 fully saturated rings. The number of amides is 1. The molecule has 0 radical (unpaired) electrons. The zero-order valence-corrected chi connectivity index (χ0v) is 9.58. The van der Waals surface area contributed by atoms with Crippen LogP contribution in [0.25, 0.3) is 0 Å². The van der Waals surface area contributed by atoms with Crippen LogP contribution in [0.5, 0.6) is 0 Å². The Labute approximate surface area is 95.0 Å². The lowest BCUT2D eigenvalue weighted by atomic mass is 10.2. The first kappa shape index (κ1) is 10.7. The third kappa shape index (κ3) is 1.78. The van der Waals surface area contributed by atoms with Gasteiger partial charge in [0.1, 0.15) is 6.54 Å². The Balaban J connectivity index is 2.47. The Kier molecular flexibility index (Phi) is 2.64. The van der Waals surface area contributed by atoms with Gasteiger partial charge in [0, 0.05) is 11.9 Å². The average molecular weight is 217 g/mol. The maximum Gasteiger partial charge on any atom is 0.244 e. The van der Waals surface area contributed by atoms with Crippen LogP contribution in [-0.2, 0) is 11.2 Å². The molecule has 0 atom stereocenters. The van der Waals surface area contributed by atoms with Crippen molar-refractivity contribution in [2.24, 2.45) is 0 Å². The van der Waals surface area contributed by atoms with Crippen molar-refractivity contribution in [1.29, 1.82) is 0 Å². The number of hydrogen-bond acceptors (Lipinski definition) is 3. The maximum absolute atomic E-state index is 11.5. The summed E-state index contributed by atoms with van der Waals surface area (Å²) < 4.78 is 0. The van der Waals surface area contributed by atoms with Crippen LogP contribution in [0.15, 0.2) is 24.5 Å². The molecule has 2 heterocycles. The molecule has 1 aromatic heterocycles. The molecule has 0 aromatic carbocycles. The maximum atomic E-state index is 11.5. The van der Waals surface area contributed by atoms with E-state index in [1.165, 1.54) is 0 Å². The first-order chi connectivity index (χ1) is 7.61. The highest BCUT2D eigenvalue weighted by Gasteiger charge is 2.23. The van der Waals surface area contributed by atoms with Gasteiger partial charge in [0.2, 0.25) is 5.91 Å². The van der Waals surface area contributed by atoms with E-state index in [4.69, 9.17) is 0 Å². The smallest absolute Gasteiger partial charge is 0.244 e. The molecule has 84 valence electrons. The minimum atomic E-state index is -0.0226. The molecule has 0 saturated heterocycles. The van der Waals surface area contributed by atoms with Crippen LogP contribution in [0.2, 0.25) is 0 Å². The Bertz CT molecular complexity index is 454. The third-order valence-corrected chi connectivity index (χ3v) is 2.62. The summed E-state index contributed by atoms with van der Waals surface area (Å²) in [7, 11) is 0. The summed E-state index contributed by atoms with van der Waals surface area (Å²) in [6.45, 7) is 8.09. The fourth-order valence-corrected chi connectivity index (χ4v) is 1.73. The number of allylic oxidation sites excluding steroid dienone is 1. The van der Waals surface area contributed by atoms with Crippen molar-refractivity contribution >= 4 is 17.4 Å². The highest BCUT2D eigenvalue weighted by Crippen LogP contribution is 2.29. The quantitative estimate of drug-likeness (QED) is 0.823. The fourth-order valence-electron chi connectivity index (χ4n) is 1.73. The zero-order valence-electron chi connectivity index (χ0n) is 9.58. The first-order valence-corrected chi connectivity index (χ1v) is 5.33. The van der Waals surface area contributed by atoms with E-state index in [1.807, 2.05) is 24.1 Å². The molecule has 0 bridgehead atoms. The summed E-state index contributed by atoms with van der Waals surface area (Å²) in [5, 5.41) is 2.84. The minimum Gasteiger partial charge on any atom is -0.321 e. The number of hydrogen-bond donors (Lipinski definition) is 1. The van der Waals surface area contributed by atoms with Crippen LogP contribution >= 0.6 is 0 Å². The van der Waals surface area contributed by atoms with E-state index in [9.17, 15) is 4.79 Å². The van der Waals surface area contributed by atoms with Crippen molar-refractivity contribution in [3.8, 4) is 0 Å². The molecule has 4 nitrogen and oxygen atoms in total. The summed E-state index contributed by atoms with van der Waals surface area (Å²) in [5.41, 5.74) is 2.72. The lowest BCUT2D eigenvalue weighted by molar-refractivity contribution is -0.115. The predicted molar refractivity (Wildman–Crippen MR) is 64.4 cm³/mol. The lowest BCUT2D eigenvalue weighted by Gasteiger charge is -2.29. The molecule has 1 N–H and O–H groups in total. The number of carbonyl (C=O) groups excluding carboxylic acids is 1. The number of nitrogens with one attached hydrogen (secondary N) is 1. The number of aryl methyl sites for hydroxylation is 1. The largest absolute Gasteiger partial charge is 0.321 e. The van der Waals surface area contributed by atoms with Gasteiger partial charge >= 0.3 is 0 Å². The summed E-state index contributed by atoms with van der Waals surface area (Å²) in [6, 6.07) is 1.97. The average Bonchev–Trinajstić information content (AvgIpc) is 2.26. The van der Waals surface area contributed by atoms with Gasteiger partial charge < -0.3 is 10.2 Å². The van der Waals surface area contributed by atoms with E-state index in [0.717, 1.165) is 29.2 Å². The second kappa shape index (κ2) is 3.96. The number of aromatic nitrogens is 1. The Morgan fingerprint density at radius 3 is 3.06 bits per heavy atom. The highest BCUT2D eigenvalue weighted by molar-refractivity contribution is 6.01. The third-order valence-electron chi connectivity index (χ3n) is 2.62. The summed E-state index contributed by atoms with van der Waals surface area (Å²) >= 11 is 0. The number of rotatable bonds is 2. The summed E-state index contributed by atoms with van der Waals surface area (Å²) in [6.07, 6.45) is 2.75. The molecule has 16 heavy (non-hydrogen) atoms. The number of fused-ring (bicyclic) bond motifs is 1. The predicted octanol–water partition coefficient (Wildman–Crippen LogP) is 1.94. The molecule has 0 unspecified atom stereocenters. The standard InChI is InChI=1S/C12H15N3O/c1-4-9-5-10-12(13-6-9)15(8(2)3)7-11(16)14-10/h5-6H,2,4,7H2,1,3H3,(H,14,16). The van der Waals surface area contributed by atoms with E-state index in [-0.39, 0.29) is 5.91 Å². The summed E-state index contributed by atoms with van der Waals surface area (Å²) in [5.74, 6) is 0.759. The number of anilines is 2.